The van der Waals surface area contributed by atoms with Crippen LogP contribution in [0.1, 0.15) is 40.9 Å². The summed E-state index contributed by atoms with van der Waals surface area (Å²) in [6.07, 6.45) is 5.15. The number of para-hydroxylation sites is 1. The highest BCUT2D eigenvalue weighted by atomic mass is 32.2. The third-order valence-corrected chi connectivity index (χ3v) is 6.93. The maximum atomic E-state index is 5.27. The van der Waals surface area contributed by atoms with Crippen LogP contribution in [0.2, 0.25) is 0 Å². The fraction of sp³-hybridized carbons (Fsp3) is 0.269. The van der Waals surface area contributed by atoms with Crippen molar-refractivity contribution < 1.29 is 4.52 Å². The van der Waals surface area contributed by atoms with E-state index in [2.05, 4.69) is 75.6 Å². The monoisotopic (exact) mass is 472 g/mol. The van der Waals surface area contributed by atoms with Gasteiger partial charge in [0.25, 0.3) is 0 Å². The molecule has 0 unspecified atom stereocenters. The molecule has 174 valence electrons. The molecular formula is C26H28N6OS. The molecule has 1 aromatic carbocycles. The Morgan fingerprint density at radius 3 is 2.65 bits per heavy atom. The fourth-order valence-electron chi connectivity index (χ4n) is 4.12. The van der Waals surface area contributed by atoms with Gasteiger partial charge < -0.3 is 18.4 Å². The molecule has 4 heterocycles. The number of aryl methyl sites for hydroxylation is 4. The summed E-state index contributed by atoms with van der Waals surface area (Å²) in [4.78, 5) is 10.8. The standard InChI is InChI=1S/C26H28N6OS/c1-6-23-28-24-16(2)13-17(3)27-26(24)32(23)15-20-11-12-31(14-20)21-9-7-8-10-22(21)34-30-25-18(4)19(5)33-29-25/h7-14H,6,15H2,1-5H3,(H,29,30). The van der Waals surface area contributed by atoms with Crippen LogP contribution in [0, 0.1) is 27.7 Å². The van der Waals surface area contributed by atoms with Gasteiger partial charge in [-0.2, -0.15) is 0 Å². The Morgan fingerprint density at radius 1 is 1.06 bits per heavy atom. The second kappa shape index (κ2) is 9.02. The number of nitrogens with zero attached hydrogens (tertiary/aromatic N) is 5. The number of hydrogen-bond acceptors (Lipinski definition) is 6. The molecule has 0 radical (unpaired) electrons. The van der Waals surface area contributed by atoms with Crippen molar-refractivity contribution in [2.45, 2.75) is 52.5 Å². The summed E-state index contributed by atoms with van der Waals surface area (Å²) >= 11 is 1.53. The SMILES string of the molecule is CCc1nc2c(C)cc(C)nc2n1Cc1ccn(-c2ccccc2SNc2noc(C)c2C)c1. The normalized spacial score (nSPS) is 11.4. The van der Waals surface area contributed by atoms with E-state index in [1.54, 1.807) is 0 Å². The Kier molecular flexibility index (Phi) is 5.91. The molecule has 5 rings (SSSR count). The van der Waals surface area contributed by atoms with Gasteiger partial charge in [-0.15, -0.1) is 0 Å². The molecule has 0 amide bonds. The lowest BCUT2D eigenvalue weighted by molar-refractivity contribution is 0.399. The quantitative estimate of drug-likeness (QED) is 0.285. The summed E-state index contributed by atoms with van der Waals surface area (Å²) in [5.41, 5.74) is 7.46. The van der Waals surface area contributed by atoms with Crippen molar-refractivity contribution in [3.63, 3.8) is 0 Å². The van der Waals surface area contributed by atoms with Gasteiger partial charge in [-0.25, -0.2) is 9.97 Å². The van der Waals surface area contributed by atoms with E-state index in [1.165, 1.54) is 23.1 Å². The molecule has 0 aliphatic carbocycles. The summed E-state index contributed by atoms with van der Waals surface area (Å²) < 4.78 is 13.0. The van der Waals surface area contributed by atoms with E-state index in [-0.39, 0.29) is 0 Å². The molecule has 0 bridgehead atoms. The minimum Gasteiger partial charge on any atom is -0.359 e. The summed E-state index contributed by atoms with van der Waals surface area (Å²) in [5, 5.41) is 4.10. The van der Waals surface area contributed by atoms with Crippen molar-refractivity contribution >= 4 is 28.9 Å². The molecule has 0 atom stereocenters. The largest absolute Gasteiger partial charge is 0.359 e. The fourth-order valence-corrected chi connectivity index (χ4v) is 4.95. The number of pyridine rings is 1. The Balaban J connectivity index is 1.43. The summed E-state index contributed by atoms with van der Waals surface area (Å²) in [5.74, 6) is 2.63. The van der Waals surface area contributed by atoms with Gasteiger partial charge in [0.05, 0.1) is 17.1 Å². The highest BCUT2D eigenvalue weighted by Crippen LogP contribution is 2.29. The van der Waals surface area contributed by atoms with Crippen molar-refractivity contribution in [2.24, 2.45) is 0 Å². The first-order valence-electron chi connectivity index (χ1n) is 11.4. The number of imidazole rings is 1. The minimum absolute atomic E-state index is 0.730. The van der Waals surface area contributed by atoms with Gasteiger partial charge in [-0.3, -0.25) is 0 Å². The van der Waals surface area contributed by atoms with Crippen molar-refractivity contribution in [1.29, 1.82) is 0 Å². The first-order valence-corrected chi connectivity index (χ1v) is 12.2. The molecule has 8 heteroatoms. The van der Waals surface area contributed by atoms with Gasteiger partial charge in [-0.05, 0) is 75.0 Å². The van der Waals surface area contributed by atoms with Crippen molar-refractivity contribution in [1.82, 2.24) is 24.3 Å². The topological polar surface area (TPSA) is 73.7 Å². The molecule has 34 heavy (non-hydrogen) atoms. The van der Waals surface area contributed by atoms with Crippen LogP contribution in [-0.2, 0) is 13.0 Å². The molecule has 1 N–H and O–H groups in total. The Labute approximate surface area is 203 Å². The predicted molar refractivity (Wildman–Crippen MR) is 137 cm³/mol. The molecular weight excluding hydrogens is 444 g/mol. The average Bonchev–Trinajstić information content (AvgIpc) is 3.52. The summed E-state index contributed by atoms with van der Waals surface area (Å²) in [7, 11) is 0. The van der Waals surface area contributed by atoms with Crippen LogP contribution in [0.15, 0.2) is 58.2 Å². The van der Waals surface area contributed by atoms with Crippen molar-refractivity contribution in [3.05, 3.63) is 82.8 Å². The zero-order valence-corrected chi connectivity index (χ0v) is 20.9. The Hall–Kier alpha value is -3.52. The zero-order valence-electron chi connectivity index (χ0n) is 20.1. The maximum Gasteiger partial charge on any atom is 0.182 e. The van der Waals surface area contributed by atoms with Crippen LogP contribution in [0.25, 0.3) is 16.9 Å². The molecule has 0 saturated heterocycles. The highest BCUT2D eigenvalue weighted by Gasteiger charge is 2.15. The molecule has 0 aliphatic heterocycles. The second-order valence-corrected chi connectivity index (χ2v) is 9.38. The van der Waals surface area contributed by atoms with Crippen LogP contribution in [0.3, 0.4) is 0 Å². The molecule has 0 fully saturated rings. The predicted octanol–water partition coefficient (Wildman–Crippen LogP) is 6.17. The van der Waals surface area contributed by atoms with Gasteiger partial charge in [-0.1, -0.05) is 24.2 Å². The second-order valence-electron chi connectivity index (χ2n) is 8.53. The highest BCUT2D eigenvalue weighted by molar-refractivity contribution is 8.00. The van der Waals surface area contributed by atoms with Gasteiger partial charge in [0.1, 0.15) is 17.1 Å². The number of rotatable bonds is 7. The minimum atomic E-state index is 0.730. The van der Waals surface area contributed by atoms with Crippen LogP contribution >= 0.6 is 11.9 Å². The third-order valence-electron chi connectivity index (χ3n) is 6.07. The van der Waals surface area contributed by atoms with Crippen LogP contribution in [0.4, 0.5) is 5.82 Å². The van der Waals surface area contributed by atoms with E-state index in [9.17, 15) is 0 Å². The van der Waals surface area contributed by atoms with Gasteiger partial charge in [0.2, 0.25) is 0 Å². The lowest BCUT2D eigenvalue weighted by atomic mass is 10.2. The molecule has 4 aromatic heterocycles. The van der Waals surface area contributed by atoms with E-state index in [0.29, 0.717) is 0 Å². The Bertz CT molecular complexity index is 1480. The van der Waals surface area contributed by atoms with Crippen molar-refractivity contribution in [3.8, 4) is 5.69 Å². The average molecular weight is 473 g/mol. The van der Waals surface area contributed by atoms with E-state index in [1.807, 2.05) is 26.8 Å². The third kappa shape index (κ3) is 4.09. The first-order chi connectivity index (χ1) is 16.4. The number of benzene rings is 1. The van der Waals surface area contributed by atoms with E-state index < -0.39 is 0 Å². The van der Waals surface area contributed by atoms with Gasteiger partial charge >= 0.3 is 0 Å². The maximum absolute atomic E-state index is 5.27. The molecule has 0 aliphatic rings. The molecule has 0 saturated carbocycles. The Morgan fingerprint density at radius 2 is 1.88 bits per heavy atom. The molecule has 7 nitrogen and oxygen atoms in total. The van der Waals surface area contributed by atoms with E-state index >= 15 is 0 Å². The number of anilines is 1. The first kappa shape index (κ1) is 22.3. The van der Waals surface area contributed by atoms with Gasteiger partial charge in [0.15, 0.2) is 11.5 Å². The number of fused-ring (bicyclic) bond motifs is 1. The van der Waals surface area contributed by atoms with Gasteiger partial charge in [0, 0.05) is 30.1 Å². The zero-order chi connectivity index (χ0) is 23.8. The van der Waals surface area contributed by atoms with Crippen molar-refractivity contribution in [2.75, 3.05) is 4.72 Å². The summed E-state index contributed by atoms with van der Waals surface area (Å²) in [6.45, 7) is 10.9. The number of aromatic nitrogens is 5. The number of hydrogen-bond donors (Lipinski definition) is 1. The van der Waals surface area contributed by atoms with E-state index in [4.69, 9.17) is 14.5 Å². The van der Waals surface area contributed by atoms with E-state index in [0.717, 1.165) is 63.4 Å². The molecule has 5 aromatic rings. The summed E-state index contributed by atoms with van der Waals surface area (Å²) in [6, 6.07) is 12.6. The van der Waals surface area contributed by atoms with Crippen LogP contribution in [-0.4, -0.2) is 24.3 Å². The van der Waals surface area contributed by atoms with Crippen LogP contribution < -0.4 is 4.72 Å². The number of nitrogens with one attached hydrogen (secondary N) is 1. The van der Waals surface area contributed by atoms with Crippen LogP contribution in [0.5, 0.6) is 0 Å². The lowest BCUT2D eigenvalue weighted by Crippen LogP contribution is -2.05. The molecule has 0 spiro atoms. The lowest BCUT2D eigenvalue weighted by Gasteiger charge is -2.11. The smallest absolute Gasteiger partial charge is 0.182 e.